The Morgan fingerprint density at radius 2 is 2.33 bits per heavy atom. The highest BCUT2D eigenvalue weighted by molar-refractivity contribution is 5.93. The molecular weight excluding hydrogens is 352 g/mol. The third-order valence-corrected chi connectivity index (χ3v) is 5.65. The molecule has 2 amide bonds. The lowest BCUT2D eigenvalue weighted by atomic mass is 9.76. The summed E-state index contributed by atoms with van der Waals surface area (Å²) in [5.41, 5.74) is -0.679. The fourth-order valence-corrected chi connectivity index (χ4v) is 4.33. The normalized spacial score (nSPS) is 31.0. The van der Waals surface area contributed by atoms with E-state index in [4.69, 9.17) is 14.0 Å². The SMILES string of the molecule is COCCN1C[C@]23C=C[C@H](O2)C(C(=O)N(C)CCc2noc(C)n2)C3C1=O. The lowest BCUT2D eigenvalue weighted by molar-refractivity contribution is -0.142. The van der Waals surface area contributed by atoms with Crippen molar-refractivity contribution in [3.05, 3.63) is 23.9 Å². The first-order chi connectivity index (χ1) is 12.9. The molecule has 2 unspecified atom stereocenters. The Kier molecular flexibility index (Phi) is 4.51. The number of methoxy groups -OCH3 is 1. The molecule has 27 heavy (non-hydrogen) atoms. The van der Waals surface area contributed by atoms with Gasteiger partial charge in [-0.15, -0.1) is 0 Å². The van der Waals surface area contributed by atoms with E-state index in [1.165, 1.54) is 0 Å². The number of hydrogen-bond donors (Lipinski definition) is 0. The fraction of sp³-hybridized carbons (Fsp3) is 0.667. The second-order valence-corrected chi connectivity index (χ2v) is 7.39. The van der Waals surface area contributed by atoms with Crippen molar-refractivity contribution in [2.24, 2.45) is 11.8 Å². The molecule has 0 aromatic carbocycles. The number of carbonyl (C=O) groups is 2. The van der Waals surface area contributed by atoms with Gasteiger partial charge in [-0.3, -0.25) is 9.59 Å². The molecule has 1 aromatic heterocycles. The Bertz CT molecular complexity index is 778. The highest BCUT2D eigenvalue weighted by Gasteiger charge is 2.66. The first-order valence-corrected chi connectivity index (χ1v) is 9.14. The number of hydrogen-bond acceptors (Lipinski definition) is 7. The van der Waals surface area contributed by atoms with Crippen LogP contribution in [-0.4, -0.2) is 83.9 Å². The predicted molar refractivity (Wildman–Crippen MR) is 92.6 cm³/mol. The summed E-state index contributed by atoms with van der Waals surface area (Å²) in [5, 5.41) is 3.85. The van der Waals surface area contributed by atoms with E-state index in [-0.39, 0.29) is 17.9 Å². The van der Waals surface area contributed by atoms with Crippen LogP contribution in [0.3, 0.4) is 0 Å². The number of fused-ring (bicyclic) bond motifs is 1. The Balaban J connectivity index is 1.46. The van der Waals surface area contributed by atoms with Gasteiger partial charge in [-0.05, 0) is 0 Å². The van der Waals surface area contributed by atoms with E-state index in [9.17, 15) is 9.59 Å². The van der Waals surface area contributed by atoms with Crippen LogP contribution in [0.5, 0.6) is 0 Å². The quantitative estimate of drug-likeness (QED) is 0.608. The molecule has 0 saturated carbocycles. The van der Waals surface area contributed by atoms with Gasteiger partial charge < -0.3 is 23.8 Å². The van der Waals surface area contributed by atoms with E-state index in [1.54, 1.807) is 30.9 Å². The van der Waals surface area contributed by atoms with Crippen LogP contribution in [0, 0.1) is 18.8 Å². The van der Waals surface area contributed by atoms with Gasteiger partial charge in [0.25, 0.3) is 0 Å². The molecule has 1 spiro atoms. The average Bonchev–Trinajstić information content (AvgIpc) is 3.39. The van der Waals surface area contributed by atoms with Gasteiger partial charge in [0.2, 0.25) is 17.7 Å². The Labute approximate surface area is 157 Å². The van der Waals surface area contributed by atoms with Gasteiger partial charge >= 0.3 is 0 Å². The van der Waals surface area contributed by atoms with Gasteiger partial charge in [0, 0.05) is 40.6 Å². The summed E-state index contributed by atoms with van der Waals surface area (Å²) in [4.78, 5) is 33.6. The van der Waals surface area contributed by atoms with Crippen molar-refractivity contribution in [3.63, 3.8) is 0 Å². The largest absolute Gasteiger partial charge is 0.383 e. The minimum Gasteiger partial charge on any atom is -0.383 e. The smallest absolute Gasteiger partial charge is 0.230 e. The number of likely N-dealkylation sites (N-methyl/N-ethyl adjacent to an activating group) is 1. The second-order valence-electron chi connectivity index (χ2n) is 7.39. The predicted octanol–water partition coefficient (Wildman–Crippen LogP) is -0.193. The van der Waals surface area contributed by atoms with Crippen molar-refractivity contribution >= 4 is 11.8 Å². The summed E-state index contributed by atoms with van der Waals surface area (Å²) >= 11 is 0. The zero-order valence-electron chi connectivity index (χ0n) is 15.8. The number of likely N-dealkylation sites (tertiary alicyclic amines) is 1. The van der Waals surface area contributed by atoms with E-state index in [0.717, 1.165) is 0 Å². The highest BCUT2D eigenvalue weighted by atomic mass is 16.5. The molecule has 3 aliphatic rings. The zero-order valence-corrected chi connectivity index (χ0v) is 15.8. The number of ether oxygens (including phenoxy) is 2. The van der Waals surface area contributed by atoms with Gasteiger partial charge in [-0.25, -0.2) is 0 Å². The molecule has 3 aliphatic heterocycles. The van der Waals surface area contributed by atoms with Crippen LogP contribution in [0.4, 0.5) is 0 Å². The molecule has 0 radical (unpaired) electrons. The van der Waals surface area contributed by atoms with Crippen LogP contribution in [0.2, 0.25) is 0 Å². The van der Waals surface area contributed by atoms with E-state index in [2.05, 4.69) is 10.1 Å². The zero-order chi connectivity index (χ0) is 19.2. The number of aryl methyl sites for hydroxylation is 1. The molecule has 2 bridgehead atoms. The summed E-state index contributed by atoms with van der Waals surface area (Å²) in [6.45, 7) is 3.62. The summed E-state index contributed by atoms with van der Waals surface area (Å²) in [6.07, 6.45) is 4.03. The van der Waals surface area contributed by atoms with Crippen molar-refractivity contribution in [1.82, 2.24) is 19.9 Å². The van der Waals surface area contributed by atoms with Gasteiger partial charge in [-0.2, -0.15) is 4.98 Å². The fourth-order valence-electron chi connectivity index (χ4n) is 4.33. The molecule has 146 valence electrons. The molecule has 2 fully saturated rings. The lowest BCUT2D eigenvalue weighted by Gasteiger charge is -2.27. The number of rotatable bonds is 7. The van der Waals surface area contributed by atoms with E-state index in [1.807, 2.05) is 12.2 Å². The standard InChI is InChI=1S/C18H24N4O5/c1-11-19-13(20-27-11)5-7-21(2)16(23)14-12-4-6-18(26-12)10-22(8-9-25-3)17(24)15(14)18/h4,6,12,14-15H,5,7-10H2,1-3H3/t12-,14?,15?,18-/m0/s1. The number of nitrogens with zero attached hydrogens (tertiary/aromatic N) is 4. The van der Waals surface area contributed by atoms with Gasteiger partial charge in [0.05, 0.1) is 31.1 Å². The van der Waals surface area contributed by atoms with Crippen LogP contribution in [0.25, 0.3) is 0 Å². The third-order valence-electron chi connectivity index (χ3n) is 5.65. The van der Waals surface area contributed by atoms with E-state index in [0.29, 0.717) is 44.4 Å². The summed E-state index contributed by atoms with van der Waals surface area (Å²) in [6, 6.07) is 0. The van der Waals surface area contributed by atoms with Crippen molar-refractivity contribution < 1.29 is 23.6 Å². The first-order valence-electron chi connectivity index (χ1n) is 9.14. The number of aromatic nitrogens is 2. The van der Waals surface area contributed by atoms with Crippen LogP contribution in [0.1, 0.15) is 11.7 Å². The minimum absolute atomic E-state index is 0.0283. The molecule has 2 saturated heterocycles. The minimum atomic E-state index is -0.679. The maximum absolute atomic E-state index is 13.1. The van der Waals surface area contributed by atoms with Gasteiger partial charge in [0.1, 0.15) is 5.60 Å². The number of amides is 2. The van der Waals surface area contributed by atoms with Crippen LogP contribution in [-0.2, 0) is 25.5 Å². The van der Waals surface area contributed by atoms with Crippen molar-refractivity contribution in [3.8, 4) is 0 Å². The Morgan fingerprint density at radius 1 is 1.52 bits per heavy atom. The summed E-state index contributed by atoms with van der Waals surface area (Å²) < 4.78 is 16.2. The third kappa shape index (κ3) is 2.94. The van der Waals surface area contributed by atoms with Gasteiger partial charge in [-0.1, -0.05) is 17.3 Å². The first kappa shape index (κ1) is 18.1. The Hall–Kier alpha value is -2.26. The molecule has 1 aromatic rings. The molecule has 9 nitrogen and oxygen atoms in total. The maximum Gasteiger partial charge on any atom is 0.230 e. The molecule has 9 heteroatoms. The van der Waals surface area contributed by atoms with Crippen LogP contribution < -0.4 is 0 Å². The molecule has 4 heterocycles. The van der Waals surface area contributed by atoms with Crippen LogP contribution >= 0.6 is 0 Å². The molecular formula is C18H24N4O5. The van der Waals surface area contributed by atoms with Crippen molar-refractivity contribution in [1.29, 1.82) is 0 Å². The average molecular weight is 376 g/mol. The monoisotopic (exact) mass is 376 g/mol. The van der Waals surface area contributed by atoms with Crippen LogP contribution in [0.15, 0.2) is 16.7 Å². The summed E-state index contributed by atoms with van der Waals surface area (Å²) in [7, 11) is 3.34. The second kappa shape index (κ2) is 6.72. The van der Waals surface area contributed by atoms with Gasteiger partial charge in [0.15, 0.2) is 5.82 Å². The topological polar surface area (TPSA) is 98.0 Å². The molecule has 4 atom stereocenters. The summed E-state index contributed by atoms with van der Waals surface area (Å²) in [5.74, 6) is -0.00717. The van der Waals surface area contributed by atoms with E-state index < -0.39 is 17.4 Å². The maximum atomic E-state index is 13.1. The molecule has 4 rings (SSSR count). The Morgan fingerprint density at radius 3 is 3.04 bits per heavy atom. The number of carbonyl (C=O) groups excluding carboxylic acids is 2. The lowest BCUT2D eigenvalue weighted by Crippen LogP contribution is -2.45. The molecule has 0 aliphatic carbocycles. The van der Waals surface area contributed by atoms with Crippen molar-refractivity contribution in [2.75, 3.05) is 40.4 Å². The highest BCUT2D eigenvalue weighted by Crippen LogP contribution is 2.52. The molecule has 0 N–H and O–H groups in total. The van der Waals surface area contributed by atoms with Crippen molar-refractivity contribution in [2.45, 2.75) is 25.0 Å². The van der Waals surface area contributed by atoms with E-state index >= 15 is 0 Å².